The molecule has 2 aromatic heterocycles. The molecular weight excluding hydrogens is 443 g/mol. The number of ether oxygens (including phenoxy) is 1. The number of hydrogen-bond donors (Lipinski definition) is 3. The molecule has 8 nitrogen and oxygen atoms in total. The zero-order chi connectivity index (χ0) is 24.4. The van der Waals surface area contributed by atoms with Crippen LogP contribution in [0.3, 0.4) is 0 Å². The molecule has 1 atom stereocenters. The molecule has 0 aliphatic carbocycles. The summed E-state index contributed by atoms with van der Waals surface area (Å²) in [5.74, 6) is -5.91. The average molecular weight is 465 g/mol. The topological polar surface area (TPSA) is 114 Å². The lowest BCUT2D eigenvalue weighted by atomic mass is 10.0. The lowest BCUT2D eigenvalue weighted by Crippen LogP contribution is -2.26. The number of pyridine rings is 2. The molecule has 33 heavy (non-hydrogen) atoms. The van der Waals surface area contributed by atoms with Crippen molar-refractivity contribution in [3.05, 3.63) is 63.2 Å². The fraction of sp³-hybridized carbons (Fsp3) is 0.318. The van der Waals surface area contributed by atoms with Crippen LogP contribution in [0.1, 0.15) is 35.8 Å². The van der Waals surface area contributed by atoms with Crippen LogP contribution in [0.4, 0.5) is 18.9 Å². The second kappa shape index (κ2) is 9.49. The summed E-state index contributed by atoms with van der Waals surface area (Å²) in [5, 5.41) is 22.0. The number of carboxylic acids is 1. The molecule has 0 radical (unpaired) electrons. The third kappa shape index (κ3) is 4.49. The smallest absolute Gasteiger partial charge is 0.341 e. The second-order valence-corrected chi connectivity index (χ2v) is 7.68. The predicted molar refractivity (Wildman–Crippen MR) is 114 cm³/mol. The Morgan fingerprint density at radius 1 is 1.24 bits per heavy atom. The molecule has 2 heterocycles. The summed E-state index contributed by atoms with van der Waals surface area (Å²) < 4.78 is 47.4. The lowest BCUT2D eigenvalue weighted by molar-refractivity contribution is 0.0694. The van der Waals surface area contributed by atoms with E-state index in [1.165, 1.54) is 17.7 Å². The molecule has 0 amide bonds. The number of rotatable bonds is 8. The first-order valence-corrected chi connectivity index (χ1v) is 9.94. The summed E-state index contributed by atoms with van der Waals surface area (Å²) in [4.78, 5) is 28.8. The molecular formula is C22H22F3N3O5. The van der Waals surface area contributed by atoms with Gasteiger partial charge in [0, 0.05) is 18.3 Å². The van der Waals surface area contributed by atoms with Crippen LogP contribution in [0.15, 0.2) is 29.2 Å². The van der Waals surface area contributed by atoms with Crippen LogP contribution < -0.4 is 15.5 Å². The molecule has 1 aromatic carbocycles. The number of carboxylic acid groups (broad SMARTS) is 1. The first-order chi connectivity index (χ1) is 15.6. The standard InChI is InChI=1S/C22H22F3N3O5/c1-10(2)16(9-29)28-8-13(22(31)32)19(30)12-6-15(21(33-3)27-20(12)28)26-7-11-4-5-14(23)18(25)17(11)24/h4-6,8,10,16,26,29H,7,9H2,1-3H3,(H,31,32)/t16-/m1/s1. The fourth-order valence-corrected chi connectivity index (χ4v) is 3.46. The molecule has 0 fully saturated rings. The fourth-order valence-electron chi connectivity index (χ4n) is 3.46. The van der Waals surface area contributed by atoms with Crippen LogP contribution in [0.2, 0.25) is 0 Å². The Bertz CT molecular complexity index is 1280. The van der Waals surface area contributed by atoms with E-state index in [4.69, 9.17) is 4.74 Å². The minimum absolute atomic E-state index is 0.0119. The summed E-state index contributed by atoms with van der Waals surface area (Å²) in [6, 6.07) is 2.55. The van der Waals surface area contributed by atoms with Gasteiger partial charge in [0.2, 0.25) is 11.3 Å². The molecule has 176 valence electrons. The number of anilines is 1. The van der Waals surface area contributed by atoms with E-state index < -0.39 is 40.5 Å². The quantitative estimate of drug-likeness (QED) is 0.438. The van der Waals surface area contributed by atoms with Crippen molar-refractivity contribution < 1.29 is 32.9 Å². The van der Waals surface area contributed by atoms with Gasteiger partial charge in [-0.3, -0.25) is 4.79 Å². The van der Waals surface area contributed by atoms with Gasteiger partial charge in [0.15, 0.2) is 17.5 Å². The van der Waals surface area contributed by atoms with E-state index in [0.29, 0.717) is 0 Å². The van der Waals surface area contributed by atoms with Gasteiger partial charge < -0.3 is 24.8 Å². The highest BCUT2D eigenvalue weighted by atomic mass is 19.2. The van der Waals surface area contributed by atoms with Gasteiger partial charge in [-0.25, -0.2) is 18.0 Å². The van der Waals surface area contributed by atoms with Crippen molar-refractivity contribution in [2.24, 2.45) is 5.92 Å². The van der Waals surface area contributed by atoms with Gasteiger partial charge in [-0.1, -0.05) is 19.9 Å². The Balaban J connectivity index is 2.18. The largest absolute Gasteiger partial charge is 0.479 e. The number of aliphatic hydroxyl groups is 1. The first kappa shape index (κ1) is 24.1. The number of aromatic nitrogens is 2. The molecule has 0 saturated heterocycles. The van der Waals surface area contributed by atoms with Crippen molar-refractivity contribution in [3.8, 4) is 5.88 Å². The number of methoxy groups -OCH3 is 1. The molecule has 0 unspecified atom stereocenters. The van der Waals surface area contributed by atoms with Gasteiger partial charge in [0.25, 0.3) is 0 Å². The van der Waals surface area contributed by atoms with Crippen molar-refractivity contribution in [3.63, 3.8) is 0 Å². The van der Waals surface area contributed by atoms with Crippen LogP contribution in [0, 0.1) is 23.4 Å². The zero-order valence-electron chi connectivity index (χ0n) is 18.0. The van der Waals surface area contributed by atoms with Gasteiger partial charge in [0.05, 0.1) is 30.8 Å². The number of aromatic carboxylic acids is 1. The lowest BCUT2D eigenvalue weighted by Gasteiger charge is -2.24. The van der Waals surface area contributed by atoms with Crippen molar-refractivity contribution >= 4 is 22.7 Å². The first-order valence-electron chi connectivity index (χ1n) is 9.94. The van der Waals surface area contributed by atoms with Gasteiger partial charge in [0.1, 0.15) is 11.2 Å². The zero-order valence-corrected chi connectivity index (χ0v) is 18.0. The van der Waals surface area contributed by atoms with E-state index >= 15 is 0 Å². The molecule has 3 N–H and O–H groups in total. The van der Waals surface area contributed by atoms with Gasteiger partial charge in [-0.2, -0.15) is 4.98 Å². The SMILES string of the molecule is COc1nc2c(cc1NCc1ccc(F)c(F)c1F)c(=O)c(C(=O)O)cn2[C@H](CO)C(C)C. The van der Waals surface area contributed by atoms with E-state index in [9.17, 15) is 33.0 Å². The number of carbonyl (C=O) groups is 1. The highest BCUT2D eigenvalue weighted by Crippen LogP contribution is 2.29. The average Bonchev–Trinajstić information content (AvgIpc) is 2.78. The van der Waals surface area contributed by atoms with E-state index in [2.05, 4.69) is 10.3 Å². The Morgan fingerprint density at radius 3 is 2.52 bits per heavy atom. The maximum atomic E-state index is 14.0. The number of aliphatic hydroxyl groups excluding tert-OH is 1. The van der Waals surface area contributed by atoms with E-state index in [1.807, 2.05) is 13.8 Å². The minimum atomic E-state index is -1.62. The molecule has 0 aliphatic rings. The number of hydrogen-bond acceptors (Lipinski definition) is 6. The third-order valence-electron chi connectivity index (χ3n) is 5.29. The van der Waals surface area contributed by atoms with Crippen LogP contribution in [0.5, 0.6) is 5.88 Å². The molecule has 3 rings (SSSR count). The Kier molecular flexibility index (Phi) is 6.92. The van der Waals surface area contributed by atoms with Crippen molar-refractivity contribution in [1.29, 1.82) is 0 Å². The predicted octanol–water partition coefficient (Wildman–Crippen LogP) is 3.32. The Morgan fingerprint density at radius 2 is 1.94 bits per heavy atom. The monoisotopic (exact) mass is 465 g/mol. The molecule has 0 spiro atoms. The number of nitrogens with zero attached hydrogens (tertiary/aromatic N) is 2. The highest BCUT2D eigenvalue weighted by Gasteiger charge is 2.24. The summed E-state index contributed by atoms with van der Waals surface area (Å²) in [6.07, 6.45) is 1.13. The van der Waals surface area contributed by atoms with Gasteiger partial charge in [-0.15, -0.1) is 0 Å². The van der Waals surface area contributed by atoms with Crippen molar-refractivity contribution in [2.45, 2.75) is 26.4 Å². The van der Waals surface area contributed by atoms with E-state index in [0.717, 1.165) is 18.3 Å². The molecule has 3 aromatic rings. The maximum Gasteiger partial charge on any atom is 0.341 e. The van der Waals surface area contributed by atoms with E-state index in [1.54, 1.807) is 0 Å². The normalized spacial score (nSPS) is 12.2. The molecule has 0 bridgehead atoms. The highest BCUT2D eigenvalue weighted by molar-refractivity contribution is 5.93. The van der Waals surface area contributed by atoms with Crippen molar-refractivity contribution in [1.82, 2.24) is 9.55 Å². The summed E-state index contributed by atoms with van der Waals surface area (Å²) in [5.41, 5.74) is -1.34. The minimum Gasteiger partial charge on any atom is -0.479 e. The maximum absolute atomic E-state index is 14.0. The molecule has 0 saturated carbocycles. The Hall–Kier alpha value is -3.60. The van der Waals surface area contributed by atoms with Gasteiger partial charge in [-0.05, 0) is 18.1 Å². The number of fused-ring (bicyclic) bond motifs is 1. The van der Waals surface area contributed by atoms with Gasteiger partial charge >= 0.3 is 5.97 Å². The Labute approximate surface area is 186 Å². The van der Waals surface area contributed by atoms with Crippen LogP contribution in [-0.4, -0.2) is 39.5 Å². The molecule has 11 heteroatoms. The van der Waals surface area contributed by atoms with Crippen LogP contribution >= 0.6 is 0 Å². The number of benzene rings is 1. The summed E-state index contributed by atoms with van der Waals surface area (Å²) in [7, 11) is 1.30. The van der Waals surface area contributed by atoms with Crippen LogP contribution in [-0.2, 0) is 6.54 Å². The third-order valence-corrected chi connectivity index (χ3v) is 5.29. The number of nitrogens with one attached hydrogen (secondary N) is 1. The summed E-state index contributed by atoms with van der Waals surface area (Å²) >= 11 is 0. The summed E-state index contributed by atoms with van der Waals surface area (Å²) in [6.45, 7) is 2.99. The number of halogens is 3. The second-order valence-electron chi connectivity index (χ2n) is 7.68. The molecule has 0 aliphatic heterocycles. The van der Waals surface area contributed by atoms with Crippen LogP contribution in [0.25, 0.3) is 11.0 Å². The van der Waals surface area contributed by atoms with E-state index in [-0.39, 0.29) is 47.2 Å². The van der Waals surface area contributed by atoms with Crippen molar-refractivity contribution in [2.75, 3.05) is 19.0 Å².